The zero-order valence-electron chi connectivity index (χ0n) is 10.8. The van der Waals surface area contributed by atoms with Crippen LogP contribution in [0, 0.1) is 5.92 Å². The largest absolute Gasteiger partial charge is 0.380 e. The van der Waals surface area contributed by atoms with Crippen LogP contribution in [0.15, 0.2) is 0 Å². The van der Waals surface area contributed by atoms with Crippen molar-refractivity contribution >= 4 is 0 Å². The van der Waals surface area contributed by atoms with E-state index in [-0.39, 0.29) is 0 Å². The fourth-order valence-corrected chi connectivity index (χ4v) is 1.92. The lowest BCUT2D eigenvalue weighted by atomic mass is 10.1. The zero-order chi connectivity index (χ0) is 11.6. The third-order valence-corrected chi connectivity index (χ3v) is 2.78. The Kier molecular flexibility index (Phi) is 7.81. The number of nitrogens with one attached hydrogen (secondary N) is 1. The molecule has 1 aliphatic heterocycles. The summed E-state index contributed by atoms with van der Waals surface area (Å²) in [6.07, 6.45) is 5.48. The second-order valence-corrected chi connectivity index (χ2v) is 5.00. The highest BCUT2D eigenvalue weighted by molar-refractivity contribution is 4.65. The van der Waals surface area contributed by atoms with Crippen LogP contribution in [-0.2, 0) is 9.47 Å². The molecule has 96 valence electrons. The lowest BCUT2D eigenvalue weighted by molar-refractivity contribution is 0.101. The average molecular weight is 229 g/mol. The first-order valence-electron chi connectivity index (χ1n) is 6.69. The molecule has 0 bridgehead atoms. The molecule has 0 spiro atoms. The van der Waals surface area contributed by atoms with E-state index in [2.05, 4.69) is 19.2 Å². The van der Waals surface area contributed by atoms with Gasteiger partial charge in [-0.2, -0.15) is 0 Å². The molecular formula is C13H27NO2. The summed E-state index contributed by atoms with van der Waals surface area (Å²) in [5.41, 5.74) is 0. The van der Waals surface area contributed by atoms with Crippen molar-refractivity contribution in [2.45, 2.75) is 45.6 Å². The fourth-order valence-electron chi connectivity index (χ4n) is 1.92. The molecule has 0 amide bonds. The Bertz CT molecular complexity index is 156. The lowest BCUT2D eigenvalue weighted by Crippen LogP contribution is -2.22. The quantitative estimate of drug-likeness (QED) is 0.615. The summed E-state index contributed by atoms with van der Waals surface area (Å²) in [4.78, 5) is 0. The van der Waals surface area contributed by atoms with Gasteiger partial charge < -0.3 is 14.8 Å². The van der Waals surface area contributed by atoms with Gasteiger partial charge in [0.25, 0.3) is 0 Å². The number of hydrogen-bond donors (Lipinski definition) is 1. The molecular weight excluding hydrogens is 202 g/mol. The van der Waals surface area contributed by atoms with Gasteiger partial charge in [-0.3, -0.25) is 0 Å². The van der Waals surface area contributed by atoms with Gasteiger partial charge in [0.1, 0.15) is 0 Å². The van der Waals surface area contributed by atoms with Crippen LogP contribution in [0.2, 0.25) is 0 Å². The van der Waals surface area contributed by atoms with E-state index in [1.165, 1.54) is 25.7 Å². The molecule has 1 N–H and O–H groups in total. The lowest BCUT2D eigenvalue weighted by Gasteiger charge is -2.10. The highest BCUT2D eigenvalue weighted by Crippen LogP contribution is 2.16. The molecule has 1 atom stereocenters. The second-order valence-electron chi connectivity index (χ2n) is 5.00. The van der Waals surface area contributed by atoms with Crippen LogP contribution >= 0.6 is 0 Å². The summed E-state index contributed by atoms with van der Waals surface area (Å²) in [7, 11) is 0. The van der Waals surface area contributed by atoms with Gasteiger partial charge in [0.05, 0.1) is 12.7 Å². The fraction of sp³-hybridized carbons (Fsp3) is 1.00. The predicted octanol–water partition coefficient (Wildman–Crippen LogP) is 2.21. The molecule has 16 heavy (non-hydrogen) atoms. The van der Waals surface area contributed by atoms with Gasteiger partial charge in [-0.1, -0.05) is 13.8 Å². The van der Waals surface area contributed by atoms with Crippen LogP contribution in [0.25, 0.3) is 0 Å². The Balaban J connectivity index is 1.74. The first-order chi connectivity index (χ1) is 7.79. The Morgan fingerprint density at radius 1 is 1.38 bits per heavy atom. The molecule has 3 nitrogen and oxygen atoms in total. The molecule has 1 aliphatic rings. The molecule has 0 aromatic carbocycles. The first kappa shape index (κ1) is 13.9. The SMILES string of the molecule is CC(C)COCCNCCCC1CCCO1. The van der Waals surface area contributed by atoms with Gasteiger partial charge in [0, 0.05) is 19.8 Å². The highest BCUT2D eigenvalue weighted by atomic mass is 16.5. The van der Waals surface area contributed by atoms with E-state index in [1.807, 2.05) is 0 Å². The third kappa shape index (κ3) is 7.20. The maximum Gasteiger partial charge on any atom is 0.0591 e. The maximum absolute atomic E-state index is 5.57. The Labute approximate surface area is 99.9 Å². The van der Waals surface area contributed by atoms with E-state index in [4.69, 9.17) is 9.47 Å². The predicted molar refractivity (Wildman–Crippen MR) is 66.7 cm³/mol. The molecule has 1 unspecified atom stereocenters. The van der Waals surface area contributed by atoms with Crippen molar-refractivity contribution in [1.82, 2.24) is 5.32 Å². The minimum atomic E-state index is 0.541. The summed E-state index contributed by atoms with van der Waals surface area (Å²) >= 11 is 0. The summed E-state index contributed by atoms with van der Waals surface area (Å²) in [6.45, 7) is 9.09. The van der Waals surface area contributed by atoms with Crippen LogP contribution < -0.4 is 5.32 Å². The van der Waals surface area contributed by atoms with Crippen molar-refractivity contribution in [3.05, 3.63) is 0 Å². The van der Waals surface area contributed by atoms with Crippen molar-refractivity contribution in [1.29, 1.82) is 0 Å². The van der Waals surface area contributed by atoms with E-state index in [0.29, 0.717) is 12.0 Å². The molecule has 0 radical (unpaired) electrons. The van der Waals surface area contributed by atoms with Crippen LogP contribution in [0.3, 0.4) is 0 Å². The number of rotatable bonds is 9. The van der Waals surface area contributed by atoms with Crippen LogP contribution in [0.4, 0.5) is 0 Å². The minimum Gasteiger partial charge on any atom is -0.380 e. The molecule has 1 rings (SSSR count). The van der Waals surface area contributed by atoms with Gasteiger partial charge in [-0.25, -0.2) is 0 Å². The standard InChI is InChI=1S/C13H27NO2/c1-12(2)11-15-10-8-14-7-3-5-13-6-4-9-16-13/h12-14H,3-11H2,1-2H3. The van der Waals surface area contributed by atoms with Crippen LogP contribution in [0.1, 0.15) is 39.5 Å². The summed E-state index contributed by atoms with van der Waals surface area (Å²) in [5, 5.41) is 3.40. The molecule has 0 saturated carbocycles. The topological polar surface area (TPSA) is 30.5 Å². The molecule has 3 heteroatoms. The summed E-state index contributed by atoms with van der Waals surface area (Å²) < 4.78 is 11.1. The van der Waals surface area contributed by atoms with E-state index < -0.39 is 0 Å². The van der Waals surface area contributed by atoms with Crippen molar-refractivity contribution in [3.8, 4) is 0 Å². The van der Waals surface area contributed by atoms with E-state index >= 15 is 0 Å². The van der Waals surface area contributed by atoms with E-state index in [9.17, 15) is 0 Å². The highest BCUT2D eigenvalue weighted by Gasteiger charge is 2.14. The van der Waals surface area contributed by atoms with Crippen LogP contribution in [0.5, 0.6) is 0 Å². The Morgan fingerprint density at radius 3 is 2.94 bits per heavy atom. The maximum atomic E-state index is 5.57. The molecule has 1 saturated heterocycles. The van der Waals surface area contributed by atoms with Crippen LogP contribution in [-0.4, -0.2) is 39.0 Å². The van der Waals surface area contributed by atoms with E-state index in [1.54, 1.807) is 0 Å². The normalized spacial score (nSPS) is 20.8. The molecule has 1 heterocycles. The van der Waals surface area contributed by atoms with Crippen molar-refractivity contribution in [2.75, 3.05) is 32.9 Å². The van der Waals surface area contributed by atoms with Gasteiger partial charge in [-0.05, 0) is 38.1 Å². The molecule has 0 aliphatic carbocycles. The van der Waals surface area contributed by atoms with Crippen molar-refractivity contribution in [3.63, 3.8) is 0 Å². The van der Waals surface area contributed by atoms with Gasteiger partial charge in [0.2, 0.25) is 0 Å². The van der Waals surface area contributed by atoms with Gasteiger partial charge >= 0.3 is 0 Å². The minimum absolute atomic E-state index is 0.541. The monoisotopic (exact) mass is 229 g/mol. The average Bonchev–Trinajstić information content (AvgIpc) is 2.74. The Hall–Kier alpha value is -0.120. The van der Waals surface area contributed by atoms with E-state index in [0.717, 1.165) is 32.9 Å². The zero-order valence-corrected chi connectivity index (χ0v) is 10.8. The van der Waals surface area contributed by atoms with Crippen molar-refractivity contribution < 1.29 is 9.47 Å². The molecule has 0 aromatic heterocycles. The molecule has 1 fully saturated rings. The van der Waals surface area contributed by atoms with Crippen molar-refractivity contribution in [2.24, 2.45) is 5.92 Å². The van der Waals surface area contributed by atoms with Gasteiger partial charge in [0.15, 0.2) is 0 Å². The summed E-state index contributed by atoms with van der Waals surface area (Å²) in [5.74, 6) is 0.638. The first-order valence-corrected chi connectivity index (χ1v) is 6.69. The Morgan fingerprint density at radius 2 is 2.25 bits per heavy atom. The second kappa shape index (κ2) is 8.97. The number of ether oxygens (including phenoxy) is 2. The van der Waals surface area contributed by atoms with Gasteiger partial charge in [-0.15, -0.1) is 0 Å². The molecule has 0 aromatic rings. The smallest absolute Gasteiger partial charge is 0.0591 e. The number of hydrogen-bond acceptors (Lipinski definition) is 3. The summed E-state index contributed by atoms with van der Waals surface area (Å²) in [6, 6.07) is 0. The third-order valence-electron chi connectivity index (χ3n) is 2.78.